The van der Waals surface area contributed by atoms with Crippen molar-refractivity contribution in [1.82, 2.24) is 0 Å². The monoisotopic (exact) mass is 698 g/mol. The second-order valence-corrected chi connectivity index (χ2v) is 17.3. The fourth-order valence-electron chi connectivity index (χ4n) is 10.1. The van der Waals surface area contributed by atoms with Gasteiger partial charge in [0.05, 0.1) is 5.41 Å². The van der Waals surface area contributed by atoms with Crippen LogP contribution in [0.3, 0.4) is 0 Å². The van der Waals surface area contributed by atoms with Crippen LogP contribution in [0.5, 0.6) is 0 Å². The van der Waals surface area contributed by atoms with Gasteiger partial charge in [-0.05, 0) is 120 Å². The van der Waals surface area contributed by atoms with E-state index in [1.807, 2.05) is 13.8 Å². The fraction of sp³-hybridized carbons (Fsp3) is 0.208. The number of benzene rings is 7. The van der Waals surface area contributed by atoms with Crippen LogP contribution in [0.25, 0.3) is 33.4 Å². The topological polar surface area (TPSA) is 3.24 Å². The van der Waals surface area contributed by atoms with Crippen molar-refractivity contribution in [2.45, 2.75) is 70.6 Å². The summed E-state index contributed by atoms with van der Waals surface area (Å²) in [6.45, 7) is 15.7. The second-order valence-electron chi connectivity index (χ2n) is 17.3. The standard InChI is InChI=1S/C53H47N/c1-33(2)37-16-11-15-23-50(37)54(35-25-28-41-38-17-8-12-20-44(38)52(6,7)47(41)31-35)36-26-29-43-40-19-10-14-22-46(40)53(49(43)32-36)45-21-13-9-18-39(45)42-27-24-34(30-48(42)53)51(3,4)5/h8-33H,1-7H3/i33D. The van der Waals surface area contributed by atoms with Crippen molar-refractivity contribution in [3.63, 3.8) is 0 Å². The number of fused-ring (bicyclic) bond motifs is 13. The molecule has 264 valence electrons. The van der Waals surface area contributed by atoms with Crippen LogP contribution >= 0.6 is 0 Å². The Morgan fingerprint density at radius 2 is 0.926 bits per heavy atom. The van der Waals surface area contributed by atoms with E-state index in [4.69, 9.17) is 0 Å². The lowest BCUT2D eigenvalue weighted by Gasteiger charge is -2.34. The molecule has 0 heterocycles. The average Bonchev–Trinajstić information content (AvgIpc) is 3.73. The highest BCUT2D eigenvalue weighted by atomic mass is 15.1. The molecule has 3 aliphatic rings. The molecule has 3 aliphatic carbocycles. The van der Waals surface area contributed by atoms with Crippen LogP contribution in [-0.2, 0) is 16.2 Å². The third-order valence-electron chi connectivity index (χ3n) is 12.7. The lowest BCUT2D eigenvalue weighted by molar-refractivity contribution is 0.588. The maximum Gasteiger partial charge on any atom is 0.0726 e. The molecule has 0 fully saturated rings. The van der Waals surface area contributed by atoms with Gasteiger partial charge in [-0.25, -0.2) is 0 Å². The van der Waals surface area contributed by atoms with Crippen molar-refractivity contribution in [2.75, 3.05) is 4.90 Å². The predicted octanol–water partition coefficient (Wildman–Crippen LogP) is 14.2. The van der Waals surface area contributed by atoms with Crippen molar-refractivity contribution in [1.29, 1.82) is 0 Å². The number of hydrogen-bond donors (Lipinski definition) is 0. The zero-order chi connectivity index (χ0) is 38.1. The maximum atomic E-state index is 9.35. The van der Waals surface area contributed by atoms with E-state index in [1.54, 1.807) is 0 Å². The lowest BCUT2D eigenvalue weighted by Crippen LogP contribution is -2.27. The Balaban J connectivity index is 1.27. The molecule has 0 saturated carbocycles. The second kappa shape index (κ2) is 11.4. The third-order valence-corrected chi connectivity index (χ3v) is 12.7. The van der Waals surface area contributed by atoms with Crippen LogP contribution in [0.1, 0.15) is 100 Å². The molecule has 0 amide bonds. The number of para-hydroxylation sites is 1. The minimum atomic E-state index is -0.818. The highest BCUT2D eigenvalue weighted by Crippen LogP contribution is 2.64. The van der Waals surface area contributed by atoms with Crippen molar-refractivity contribution in [3.05, 3.63) is 196 Å². The summed E-state index contributed by atoms with van der Waals surface area (Å²) in [6.07, 6.45) is 0. The predicted molar refractivity (Wildman–Crippen MR) is 228 cm³/mol. The van der Waals surface area contributed by atoms with Gasteiger partial charge in [0.15, 0.2) is 0 Å². The molecule has 7 aromatic carbocycles. The van der Waals surface area contributed by atoms with Gasteiger partial charge in [0.2, 0.25) is 0 Å². The molecule has 0 saturated heterocycles. The van der Waals surface area contributed by atoms with E-state index in [-0.39, 0.29) is 10.8 Å². The first-order valence-electron chi connectivity index (χ1n) is 19.9. The van der Waals surface area contributed by atoms with Gasteiger partial charge >= 0.3 is 0 Å². The Labute approximate surface area is 322 Å². The molecule has 0 aromatic heterocycles. The molecular formula is C53H47N. The molecule has 1 spiro atoms. The SMILES string of the molecule is [2H]C(C)(C)c1ccccc1N(c1ccc2c(c1)C(C)(C)c1ccccc1-2)c1ccc2c(c1)C1(c3ccccc3-2)c2ccccc2-c2ccc(C(C)(C)C)cc21. The van der Waals surface area contributed by atoms with Crippen LogP contribution < -0.4 is 4.90 Å². The summed E-state index contributed by atoms with van der Waals surface area (Å²) in [6, 6.07) is 56.9. The van der Waals surface area contributed by atoms with Gasteiger partial charge in [-0.3, -0.25) is 0 Å². The quantitative estimate of drug-likeness (QED) is 0.177. The Hall–Kier alpha value is -5.66. The highest BCUT2D eigenvalue weighted by molar-refractivity contribution is 5.97. The summed E-state index contributed by atoms with van der Waals surface area (Å²) in [5.74, 6) is -0.818. The molecule has 0 aliphatic heterocycles. The van der Waals surface area contributed by atoms with Gasteiger partial charge in [-0.1, -0.05) is 170 Å². The number of nitrogens with zero attached hydrogens (tertiary/aromatic N) is 1. The van der Waals surface area contributed by atoms with Gasteiger partial charge in [0.1, 0.15) is 0 Å². The molecule has 0 N–H and O–H groups in total. The molecule has 1 heteroatoms. The first-order valence-corrected chi connectivity index (χ1v) is 19.4. The first kappa shape index (κ1) is 31.8. The molecule has 10 rings (SSSR count). The largest absolute Gasteiger partial charge is 0.310 e. The minimum absolute atomic E-state index is 0.00162. The van der Waals surface area contributed by atoms with E-state index in [0.29, 0.717) is 0 Å². The van der Waals surface area contributed by atoms with Gasteiger partial charge in [-0.2, -0.15) is 0 Å². The third kappa shape index (κ3) is 4.39. The van der Waals surface area contributed by atoms with E-state index in [9.17, 15) is 1.37 Å². The molecule has 7 aromatic rings. The Bertz CT molecular complexity index is 2710. The number of hydrogen-bond acceptors (Lipinski definition) is 1. The van der Waals surface area contributed by atoms with Gasteiger partial charge in [0.25, 0.3) is 0 Å². The van der Waals surface area contributed by atoms with E-state index in [0.717, 1.165) is 22.6 Å². The summed E-state index contributed by atoms with van der Waals surface area (Å²) >= 11 is 0. The fourth-order valence-corrected chi connectivity index (χ4v) is 10.1. The van der Waals surface area contributed by atoms with Crippen LogP contribution in [0.15, 0.2) is 152 Å². The summed E-state index contributed by atoms with van der Waals surface area (Å²) in [4.78, 5) is 2.43. The lowest BCUT2D eigenvalue weighted by atomic mass is 9.69. The van der Waals surface area contributed by atoms with E-state index in [2.05, 4.69) is 191 Å². The Kier molecular flexibility index (Phi) is 6.73. The molecule has 1 nitrogen and oxygen atoms in total. The van der Waals surface area contributed by atoms with E-state index >= 15 is 0 Å². The van der Waals surface area contributed by atoms with Crippen molar-refractivity contribution in [2.24, 2.45) is 0 Å². The highest BCUT2D eigenvalue weighted by Gasteiger charge is 2.52. The number of rotatable bonds is 4. The molecule has 0 radical (unpaired) electrons. The smallest absolute Gasteiger partial charge is 0.0726 e. The molecule has 54 heavy (non-hydrogen) atoms. The minimum Gasteiger partial charge on any atom is -0.310 e. The summed E-state index contributed by atoms with van der Waals surface area (Å²) in [5.41, 5.74) is 20.8. The Morgan fingerprint density at radius 3 is 1.52 bits per heavy atom. The van der Waals surface area contributed by atoms with Crippen LogP contribution in [0.4, 0.5) is 17.1 Å². The van der Waals surface area contributed by atoms with Crippen molar-refractivity contribution >= 4 is 17.1 Å². The zero-order valence-corrected chi connectivity index (χ0v) is 32.4. The van der Waals surface area contributed by atoms with Gasteiger partial charge < -0.3 is 4.90 Å². The summed E-state index contributed by atoms with van der Waals surface area (Å²) in [7, 11) is 0. The van der Waals surface area contributed by atoms with E-state index in [1.165, 1.54) is 72.3 Å². The number of anilines is 3. The van der Waals surface area contributed by atoms with Gasteiger partial charge in [0, 0.05) is 23.8 Å². The van der Waals surface area contributed by atoms with E-state index < -0.39 is 11.3 Å². The normalized spacial score (nSPS) is 17.3. The first-order chi connectivity index (χ1) is 26.3. The van der Waals surface area contributed by atoms with Crippen molar-refractivity contribution < 1.29 is 1.37 Å². The zero-order valence-electron chi connectivity index (χ0n) is 33.4. The molecular weight excluding hydrogens is 651 g/mol. The molecule has 0 bridgehead atoms. The van der Waals surface area contributed by atoms with Crippen LogP contribution in [0, 0.1) is 0 Å². The average molecular weight is 699 g/mol. The van der Waals surface area contributed by atoms with Crippen molar-refractivity contribution in [3.8, 4) is 33.4 Å². The van der Waals surface area contributed by atoms with Crippen LogP contribution in [0.2, 0.25) is 0 Å². The molecule has 1 unspecified atom stereocenters. The van der Waals surface area contributed by atoms with Gasteiger partial charge in [-0.15, -0.1) is 0 Å². The van der Waals surface area contributed by atoms with Crippen LogP contribution in [-0.4, -0.2) is 0 Å². The Morgan fingerprint density at radius 1 is 0.481 bits per heavy atom. The summed E-state index contributed by atoms with van der Waals surface area (Å²) in [5, 5.41) is 0. The summed E-state index contributed by atoms with van der Waals surface area (Å²) < 4.78 is 9.35. The maximum absolute atomic E-state index is 9.35. The molecule has 1 atom stereocenters.